The fraction of sp³-hybridized carbons (Fsp3) is 0.0909. The molecule has 0 spiro atoms. The minimum atomic E-state index is -1.67. The molecule has 2 rings (SSSR count). The Morgan fingerprint density at radius 3 is 2.56 bits per heavy atom. The number of benzene rings is 1. The molecular weight excluding hydrogens is 271 g/mol. The molecule has 0 fully saturated rings. The van der Waals surface area contributed by atoms with E-state index < -0.39 is 28.9 Å². The molecule has 7 heteroatoms. The summed E-state index contributed by atoms with van der Waals surface area (Å²) < 4.78 is 44.0. The molecule has 0 aliphatic rings. The Morgan fingerprint density at radius 1 is 1.28 bits per heavy atom. The Balaban J connectivity index is 2.83. The van der Waals surface area contributed by atoms with Crippen LogP contribution in [-0.4, -0.2) is 18.1 Å². The average Bonchev–Trinajstić information content (AvgIpc) is 2.36. The van der Waals surface area contributed by atoms with Gasteiger partial charge in [-0.2, -0.15) is 0 Å². The first-order valence-electron chi connectivity index (χ1n) is 4.67. The van der Waals surface area contributed by atoms with Crippen LogP contribution in [0.5, 0.6) is 0 Å². The summed E-state index contributed by atoms with van der Waals surface area (Å²) in [5, 5.41) is -0.251. The molecule has 18 heavy (non-hydrogen) atoms. The monoisotopic (exact) mass is 275 g/mol. The highest BCUT2D eigenvalue weighted by molar-refractivity contribution is 6.35. The van der Waals surface area contributed by atoms with Crippen molar-refractivity contribution in [1.29, 1.82) is 0 Å². The van der Waals surface area contributed by atoms with E-state index in [1.807, 2.05) is 0 Å². The average molecular weight is 276 g/mol. The summed E-state index contributed by atoms with van der Waals surface area (Å²) >= 11 is 5.76. The molecule has 0 amide bonds. The van der Waals surface area contributed by atoms with E-state index in [4.69, 9.17) is 11.6 Å². The van der Waals surface area contributed by atoms with Crippen molar-refractivity contribution >= 4 is 28.5 Å². The Bertz CT molecular complexity index is 661. The van der Waals surface area contributed by atoms with Crippen molar-refractivity contribution in [3.63, 3.8) is 0 Å². The second-order valence-electron chi connectivity index (χ2n) is 3.36. The SMILES string of the molecule is COC(=O)c1cc(Cl)c2cc(F)c(F)c(F)c2n1. The van der Waals surface area contributed by atoms with Crippen LogP contribution in [0.2, 0.25) is 5.02 Å². The maximum Gasteiger partial charge on any atom is 0.356 e. The third kappa shape index (κ3) is 1.88. The van der Waals surface area contributed by atoms with E-state index in [0.717, 1.165) is 13.2 Å². The number of pyridine rings is 1. The highest BCUT2D eigenvalue weighted by atomic mass is 35.5. The van der Waals surface area contributed by atoms with Gasteiger partial charge in [0.2, 0.25) is 0 Å². The molecule has 0 unspecified atom stereocenters. The molecule has 2 aromatic rings. The number of ether oxygens (including phenoxy) is 1. The van der Waals surface area contributed by atoms with Crippen molar-refractivity contribution in [2.24, 2.45) is 0 Å². The first-order valence-corrected chi connectivity index (χ1v) is 5.05. The molecule has 3 nitrogen and oxygen atoms in total. The van der Waals surface area contributed by atoms with Crippen molar-refractivity contribution in [2.75, 3.05) is 7.11 Å². The van der Waals surface area contributed by atoms with Gasteiger partial charge in [-0.3, -0.25) is 0 Å². The first-order chi connectivity index (χ1) is 8.45. The topological polar surface area (TPSA) is 39.2 Å². The summed E-state index contributed by atoms with van der Waals surface area (Å²) in [5.41, 5.74) is -0.818. The Labute approximate surface area is 104 Å². The number of esters is 1. The van der Waals surface area contributed by atoms with Crippen LogP contribution in [0.15, 0.2) is 12.1 Å². The summed E-state index contributed by atoms with van der Waals surface area (Å²) in [6.45, 7) is 0. The summed E-state index contributed by atoms with van der Waals surface area (Å²) in [4.78, 5) is 14.8. The second-order valence-corrected chi connectivity index (χ2v) is 3.77. The van der Waals surface area contributed by atoms with Gasteiger partial charge in [-0.05, 0) is 12.1 Å². The normalized spacial score (nSPS) is 10.7. The fourth-order valence-corrected chi connectivity index (χ4v) is 1.68. The smallest absolute Gasteiger partial charge is 0.356 e. The van der Waals surface area contributed by atoms with Crippen LogP contribution in [0, 0.1) is 17.5 Å². The second kappa shape index (κ2) is 4.45. The van der Waals surface area contributed by atoms with E-state index in [-0.39, 0.29) is 16.1 Å². The molecule has 1 aromatic heterocycles. The number of carbonyl (C=O) groups is 1. The largest absolute Gasteiger partial charge is 0.464 e. The molecular formula is C11H5ClF3NO2. The molecule has 0 bridgehead atoms. The summed E-state index contributed by atoms with van der Waals surface area (Å²) in [7, 11) is 1.10. The standard InChI is InChI=1S/C11H5ClF3NO2/c1-18-11(17)7-3-5(12)4-2-6(13)8(14)9(15)10(4)16-7/h2-3H,1H3. The molecule has 0 aliphatic heterocycles. The predicted octanol–water partition coefficient (Wildman–Crippen LogP) is 3.09. The van der Waals surface area contributed by atoms with Crippen LogP contribution < -0.4 is 0 Å². The van der Waals surface area contributed by atoms with Crippen LogP contribution in [0.3, 0.4) is 0 Å². The van der Waals surface area contributed by atoms with Crippen molar-refractivity contribution < 1.29 is 22.7 Å². The summed E-state index contributed by atoms with van der Waals surface area (Å²) in [6, 6.07) is 1.80. The maximum absolute atomic E-state index is 13.5. The molecule has 0 saturated carbocycles. The molecule has 0 N–H and O–H groups in total. The molecule has 0 radical (unpaired) electrons. The zero-order valence-electron chi connectivity index (χ0n) is 8.93. The number of hydrogen-bond donors (Lipinski definition) is 0. The lowest BCUT2D eigenvalue weighted by molar-refractivity contribution is 0.0594. The van der Waals surface area contributed by atoms with Gasteiger partial charge < -0.3 is 4.74 Å². The molecule has 0 atom stereocenters. The van der Waals surface area contributed by atoms with Gasteiger partial charge in [0.25, 0.3) is 0 Å². The zero-order valence-corrected chi connectivity index (χ0v) is 9.69. The molecule has 1 heterocycles. The van der Waals surface area contributed by atoms with Crippen molar-refractivity contribution in [3.05, 3.63) is 40.3 Å². The number of aromatic nitrogens is 1. The highest BCUT2D eigenvalue weighted by Gasteiger charge is 2.19. The lowest BCUT2D eigenvalue weighted by Crippen LogP contribution is -2.06. The van der Waals surface area contributed by atoms with Crippen LogP contribution in [0.25, 0.3) is 10.9 Å². The van der Waals surface area contributed by atoms with E-state index in [1.165, 1.54) is 0 Å². The van der Waals surface area contributed by atoms with E-state index in [2.05, 4.69) is 9.72 Å². The highest BCUT2D eigenvalue weighted by Crippen LogP contribution is 2.28. The van der Waals surface area contributed by atoms with Crippen LogP contribution in [0.1, 0.15) is 10.5 Å². The Hall–Kier alpha value is -1.82. The Morgan fingerprint density at radius 2 is 1.94 bits per heavy atom. The van der Waals surface area contributed by atoms with Gasteiger partial charge in [-0.15, -0.1) is 0 Å². The van der Waals surface area contributed by atoms with E-state index in [9.17, 15) is 18.0 Å². The third-order valence-electron chi connectivity index (χ3n) is 2.28. The Kier molecular flexibility index (Phi) is 3.13. The number of methoxy groups -OCH3 is 1. The lowest BCUT2D eigenvalue weighted by Gasteiger charge is -2.06. The van der Waals surface area contributed by atoms with Gasteiger partial charge in [0.1, 0.15) is 5.52 Å². The van der Waals surface area contributed by atoms with E-state index in [1.54, 1.807) is 0 Å². The molecule has 0 aliphatic carbocycles. The molecule has 1 aromatic carbocycles. The van der Waals surface area contributed by atoms with Gasteiger partial charge in [0.15, 0.2) is 23.1 Å². The summed E-state index contributed by atoms with van der Waals surface area (Å²) in [5.74, 6) is -5.41. The maximum atomic E-state index is 13.5. The van der Waals surface area contributed by atoms with Crippen LogP contribution in [0.4, 0.5) is 13.2 Å². The minimum Gasteiger partial charge on any atom is -0.464 e. The number of halogens is 4. The zero-order chi connectivity index (χ0) is 13.4. The lowest BCUT2D eigenvalue weighted by atomic mass is 10.1. The van der Waals surface area contributed by atoms with Gasteiger partial charge in [0, 0.05) is 5.39 Å². The van der Waals surface area contributed by atoms with E-state index >= 15 is 0 Å². The fourth-order valence-electron chi connectivity index (χ4n) is 1.44. The van der Waals surface area contributed by atoms with Gasteiger partial charge in [0.05, 0.1) is 12.1 Å². The third-order valence-corrected chi connectivity index (χ3v) is 2.60. The quantitative estimate of drug-likeness (QED) is 0.593. The first kappa shape index (κ1) is 12.6. The van der Waals surface area contributed by atoms with Crippen molar-refractivity contribution in [2.45, 2.75) is 0 Å². The minimum absolute atomic E-state index is 0.124. The van der Waals surface area contributed by atoms with Crippen molar-refractivity contribution in [3.8, 4) is 0 Å². The molecule has 0 saturated heterocycles. The number of fused-ring (bicyclic) bond motifs is 1. The van der Waals surface area contributed by atoms with Crippen molar-refractivity contribution in [1.82, 2.24) is 4.98 Å². The van der Waals surface area contributed by atoms with Gasteiger partial charge >= 0.3 is 5.97 Å². The summed E-state index contributed by atoms with van der Waals surface area (Å²) in [6.07, 6.45) is 0. The number of hydrogen-bond acceptors (Lipinski definition) is 3. The van der Waals surface area contributed by atoms with E-state index in [0.29, 0.717) is 6.07 Å². The van der Waals surface area contributed by atoms with Crippen LogP contribution in [-0.2, 0) is 4.74 Å². The molecule has 94 valence electrons. The number of carbonyl (C=O) groups excluding carboxylic acids is 1. The number of rotatable bonds is 1. The van der Waals surface area contributed by atoms with Gasteiger partial charge in [-0.1, -0.05) is 11.6 Å². The van der Waals surface area contributed by atoms with Gasteiger partial charge in [-0.25, -0.2) is 22.9 Å². The predicted molar refractivity (Wildman–Crippen MR) is 58.0 cm³/mol. The number of nitrogens with zero attached hydrogens (tertiary/aromatic N) is 1. The van der Waals surface area contributed by atoms with Crippen LogP contribution >= 0.6 is 11.6 Å².